The molecule has 4 rings (SSSR count). The van der Waals surface area contributed by atoms with Gasteiger partial charge in [-0.2, -0.15) is 0 Å². The van der Waals surface area contributed by atoms with Crippen LogP contribution in [-0.2, 0) is 19.1 Å². The third-order valence-corrected chi connectivity index (χ3v) is 6.31. The molecular weight excluding hydrogens is 484 g/mol. The van der Waals surface area contributed by atoms with Crippen molar-refractivity contribution in [3.63, 3.8) is 0 Å². The van der Waals surface area contributed by atoms with E-state index in [1.165, 1.54) is 37.7 Å². The van der Waals surface area contributed by atoms with Crippen molar-refractivity contribution in [2.75, 3.05) is 7.11 Å². The van der Waals surface area contributed by atoms with Crippen molar-refractivity contribution in [2.24, 2.45) is 4.99 Å². The summed E-state index contributed by atoms with van der Waals surface area (Å²) in [5.74, 6) is -1.36. The maximum Gasteiger partial charge on any atom is 0.338 e. The lowest BCUT2D eigenvalue weighted by Crippen LogP contribution is -2.39. The number of methoxy groups -OCH3 is 1. The van der Waals surface area contributed by atoms with Crippen molar-refractivity contribution in [2.45, 2.75) is 26.8 Å². The highest BCUT2D eigenvalue weighted by Gasteiger charge is 2.32. The molecule has 10 heteroatoms. The monoisotopic (exact) mass is 506 g/mol. The molecule has 3 aromatic rings. The van der Waals surface area contributed by atoms with Crippen LogP contribution in [0.15, 0.2) is 69.6 Å². The maximum atomic E-state index is 13.6. The van der Waals surface area contributed by atoms with E-state index < -0.39 is 23.9 Å². The van der Waals surface area contributed by atoms with E-state index in [9.17, 15) is 19.2 Å². The number of rotatable bonds is 5. The average molecular weight is 507 g/mol. The molecule has 0 spiro atoms. The fourth-order valence-corrected chi connectivity index (χ4v) is 4.93. The highest BCUT2D eigenvalue weighted by Crippen LogP contribution is 2.30. The number of hydrogen-bond acceptors (Lipinski definition) is 9. The first-order valence-electron chi connectivity index (χ1n) is 10.9. The summed E-state index contributed by atoms with van der Waals surface area (Å²) in [6.07, 6.45) is 1.57. The summed E-state index contributed by atoms with van der Waals surface area (Å²) >= 11 is 1.14. The normalized spacial score (nSPS) is 15.1. The smallest absolute Gasteiger partial charge is 0.338 e. The molecule has 1 aliphatic heterocycles. The molecule has 184 valence electrons. The van der Waals surface area contributed by atoms with Gasteiger partial charge in [0.15, 0.2) is 4.80 Å². The topological polar surface area (TPSA) is 113 Å². The van der Waals surface area contributed by atoms with Gasteiger partial charge in [-0.3, -0.25) is 19.0 Å². The molecular formula is C26H22N2O7S. The molecule has 36 heavy (non-hydrogen) atoms. The first-order valence-corrected chi connectivity index (χ1v) is 11.7. The summed E-state index contributed by atoms with van der Waals surface area (Å²) in [5.41, 5.74) is 1.50. The molecule has 0 saturated carbocycles. The van der Waals surface area contributed by atoms with E-state index in [4.69, 9.17) is 14.2 Å². The SMILES string of the molecule is COC(=O)C1=C(C)N=c2s/c(=C/c3ccc(OC(C)=O)cc3OC(C)=O)c(=O)n2[C@@H]1c1ccccc1. The van der Waals surface area contributed by atoms with E-state index in [2.05, 4.69) is 4.99 Å². The van der Waals surface area contributed by atoms with Crippen LogP contribution in [0.4, 0.5) is 0 Å². The van der Waals surface area contributed by atoms with E-state index in [-0.39, 0.29) is 22.6 Å². The van der Waals surface area contributed by atoms with Crippen LogP contribution in [0.3, 0.4) is 0 Å². The van der Waals surface area contributed by atoms with Gasteiger partial charge in [0, 0.05) is 25.5 Å². The average Bonchev–Trinajstić information content (AvgIpc) is 3.13. The summed E-state index contributed by atoms with van der Waals surface area (Å²) < 4.78 is 17.1. The molecule has 9 nitrogen and oxygen atoms in total. The minimum Gasteiger partial charge on any atom is -0.466 e. The van der Waals surface area contributed by atoms with Gasteiger partial charge in [-0.15, -0.1) is 0 Å². The molecule has 1 atom stereocenters. The highest BCUT2D eigenvalue weighted by atomic mass is 32.1. The zero-order valence-electron chi connectivity index (χ0n) is 19.9. The van der Waals surface area contributed by atoms with Crippen LogP contribution in [0.2, 0.25) is 0 Å². The molecule has 0 saturated heterocycles. The number of thiazole rings is 1. The Kier molecular flexibility index (Phi) is 6.98. The van der Waals surface area contributed by atoms with Gasteiger partial charge in [-0.25, -0.2) is 9.79 Å². The van der Waals surface area contributed by atoms with Crippen LogP contribution in [-0.4, -0.2) is 29.6 Å². The van der Waals surface area contributed by atoms with Crippen molar-refractivity contribution >= 4 is 35.3 Å². The molecule has 0 unspecified atom stereocenters. The van der Waals surface area contributed by atoms with Crippen molar-refractivity contribution in [3.8, 4) is 11.5 Å². The number of allylic oxidation sites excluding steroid dienone is 1. The quantitative estimate of drug-likeness (QED) is 0.385. The van der Waals surface area contributed by atoms with Gasteiger partial charge in [-0.1, -0.05) is 41.7 Å². The Labute approximate surface area is 209 Å². The fourth-order valence-electron chi connectivity index (χ4n) is 3.89. The maximum absolute atomic E-state index is 13.6. The number of hydrogen-bond donors (Lipinski definition) is 0. The number of fused-ring (bicyclic) bond motifs is 1. The number of carbonyl (C=O) groups excluding carboxylic acids is 3. The highest BCUT2D eigenvalue weighted by molar-refractivity contribution is 7.07. The predicted molar refractivity (Wildman–Crippen MR) is 131 cm³/mol. The van der Waals surface area contributed by atoms with E-state index in [0.29, 0.717) is 20.6 Å². The summed E-state index contributed by atoms with van der Waals surface area (Å²) in [5, 5.41) is 0. The molecule has 0 bridgehead atoms. The second kappa shape index (κ2) is 10.1. The molecule has 0 fully saturated rings. The summed E-state index contributed by atoms with van der Waals surface area (Å²) in [6, 6.07) is 12.9. The number of carbonyl (C=O) groups is 3. The molecule has 1 aromatic heterocycles. The van der Waals surface area contributed by atoms with Gasteiger partial charge in [0.1, 0.15) is 11.5 Å². The summed E-state index contributed by atoms with van der Waals surface area (Å²) in [6.45, 7) is 4.20. The molecule has 0 radical (unpaired) electrons. The molecule has 0 aliphatic carbocycles. The van der Waals surface area contributed by atoms with Crippen LogP contribution in [0.25, 0.3) is 6.08 Å². The van der Waals surface area contributed by atoms with Crippen molar-refractivity contribution in [3.05, 3.63) is 90.6 Å². The van der Waals surface area contributed by atoms with E-state index in [0.717, 1.165) is 16.9 Å². The van der Waals surface area contributed by atoms with E-state index in [1.807, 2.05) is 30.3 Å². The minimum atomic E-state index is -0.726. The van der Waals surface area contributed by atoms with Crippen LogP contribution in [0.5, 0.6) is 11.5 Å². The first-order chi connectivity index (χ1) is 17.2. The summed E-state index contributed by atoms with van der Waals surface area (Å²) in [7, 11) is 1.28. The van der Waals surface area contributed by atoms with Gasteiger partial charge in [-0.05, 0) is 30.7 Å². The molecule has 0 amide bonds. The van der Waals surface area contributed by atoms with Gasteiger partial charge in [0.25, 0.3) is 5.56 Å². The van der Waals surface area contributed by atoms with Crippen molar-refractivity contribution in [1.82, 2.24) is 4.57 Å². The molecule has 2 aromatic carbocycles. The largest absolute Gasteiger partial charge is 0.466 e. The second-order valence-corrected chi connectivity index (χ2v) is 8.88. The van der Waals surface area contributed by atoms with E-state index >= 15 is 0 Å². The van der Waals surface area contributed by atoms with Crippen LogP contribution < -0.4 is 24.4 Å². The van der Waals surface area contributed by atoms with E-state index in [1.54, 1.807) is 19.1 Å². The summed E-state index contributed by atoms with van der Waals surface area (Å²) in [4.78, 5) is 54.2. The Morgan fingerprint density at radius 2 is 1.72 bits per heavy atom. The second-order valence-electron chi connectivity index (χ2n) is 7.87. The van der Waals surface area contributed by atoms with Gasteiger partial charge in [0.05, 0.1) is 29.0 Å². The number of benzene rings is 2. The molecule has 2 heterocycles. The number of esters is 3. The van der Waals surface area contributed by atoms with Crippen LogP contribution >= 0.6 is 11.3 Å². The fraction of sp³-hybridized carbons (Fsp3) is 0.192. The first kappa shape index (κ1) is 24.8. The Hall–Kier alpha value is -4.31. The Bertz CT molecular complexity index is 1580. The van der Waals surface area contributed by atoms with Crippen LogP contribution in [0, 0.1) is 0 Å². The van der Waals surface area contributed by atoms with Gasteiger partial charge < -0.3 is 14.2 Å². The lowest BCUT2D eigenvalue weighted by molar-refractivity contribution is -0.137. The standard InChI is InChI=1S/C26H22N2O7S/c1-14-22(25(32)33-4)23(17-8-6-5-7-9-17)28-24(31)21(36-26(28)27-14)12-18-10-11-19(34-15(2)29)13-20(18)35-16(3)30/h5-13,23H,1-4H3/b21-12+/t23-/m1/s1. The molecule has 1 aliphatic rings. The lowest BCUT2D eigenvalue weighted by Gasteiger charge is -2.24. The number of ether oxygens (including phenoxy) is 3. The minimum absolute atomic E-state index is 0.123. The number of nitrogens with zero attached hydrogens (tertiary/aromatic N) is 2. The predicted octanol–water partition coefficient (Wildman–Crippen LogP) is 2.26. The number of aromatic nitrogens is 1. The zero-order chi connectivity index (χ0) is 26.0. The Balaban J connectivity index is 1.92. The third kappa shape index (κ3) is 4.89. The Morgan fingerprint density at radius 1 is 1.03 bits per heavy atom. The van der Waals surface area contributed by atoms with Gasteiger partial charge >= 0.3 is 17.9 Å². The third-order valence-electron chi connectivity index (χ3n) is 5.33. The molecule has 0 N–H and O–H groups in total. The van der Waals surface area contributed by atoms with Gasteiger partial charge in [0.2, 0.25) is 0 Å². The lowest BCUT2D eigenvalue weighted by atomic mass is 9.96. The van der Waals surface area contributed by atoms with Crippen molar-refractivity contribution in [1.29, 1.82) is 0 Å². The van der Waals surface area contributed by atoms with Crippen molar-refractivity contribution < 1.29 is 28.6 Å². The van der Waals surface area contributed by atoms with Crippen LogP contribution in [0.1, 0.15) is 37.9 Å². The zero-order valence-corrected chi connectivity index (χ0v) is 20.8. The Morgan fingerprint density at radius 3 is 2.36 bits per heavy atom.